The molecule has 5 rings (SSSR count). The Kier molecular flexibility index (Phi) is 5.79. The van der Waals surface area contributed by atoms with Crippen molar-refractivity contribution in [3.8, 4) is 11.4 Å². The van der Waals surface area contributed by atoms with Gasteiger partial charge in [-0.3, -0.25) is 14.2 Å². The minimum atomic E-state index is -0.485. The summed E-state index contributed by atoms with van der Waals surface area (Å²) in [6.07, 6.45) is 0. The smallest absolute Gasteiger partial charge is 0.266 e. The highest BCUT2D eigenvalue weighted by Gasteiger charge is 2.25. The Labute approximate surface area is 203 Å². The highest BCUT2D eigenvalue weighted by Crippen LogP contribution is 2.26. The van der Waals surface area contributed by atoms with Crippen LogP contribution in [0.5, 0.6) is 5.75 Å². The molecule has 6 nitrogen and oxygen atoms in total. The maximum atomic E-state index is 13.6. The van der Waals surface area contributed by atoms with Crippen LogP contribution in [0.3, 0.4) is 0 Å². The number of para-hydroxylation sites is 1. The number of benzene rings is 4. The first-order valence-electron chi connectivity index (χ1n) is 11.4. The van der Waals surface area contributed by atoms with Crippen molar-refractivity contribution in [3.63, 3.8) is 0 Å². The molecule has 1 amide bonds. The highest BCUT2D eigenvalue weighted by atomic mass is 16.5. The number of carbonyl (C=O) groups is 1. The van der Waals surface area contributed by atoms with Gasteiger partial charge in [0.1, 0.15) is 11.6 Å². The van der Waals surface area contributed by atoms with Crippen LogP contribution in [0.4, 0.5) is 0 Å². The van der Waals surface area contributed by atoms with Gasteiger partial charge in [-0.2, -0.15) is 0 Å². The van der Waals surface area contributed by atoms with E-state index in [9.17, 15) is 9.59 Å². The molecule has 1 unspecified atom stereocenters. The summed E-state index contributed by atoms with van der Waals surface area (Å²) in [6, 6.07) is 27.5. The van der Waals surface area contributed by atoms with Crippen LogP contribution in [-0.4, -0.2) is 34.5 Å². The summed E-state index contributed by atoms with van der Waals surface area (Å²) >= 11 is 0. The van der Waals surface area contributed by atoms with E-state index in [1.165, 1.54) is 0 Å². The maximum Gasteiger partial charge on any atom is 0.266 e. The molecule has 0 bridgehead atoms. The van der Waals surface area contributed by atoms with Gasteiger partial charge in [-0.25, -0.2) is 4.98 Å². The number of ether oxygens (including phenoxy) is 1. The number of nitrogens with zero attached hydrogens (tertiary/aromatic N) is 3. The molecule has 0 aliphatic rings. The van der Waals surface area contributed by atoms with E-state index in [4.69, 9.17) is 9.72 Å². The number of amides is 1. The molecular weight excluding hydrogens is 438 g/mol. The van der Waals surface area contributed by atoms with Gasteiger partial charge in [0, 0.05) is 12.6 Å². The number of fused-ring (bicyclic) bond motifs is 2. The summed E-state index contributed by atoms with van der Waals surface area (Å²) < 4.78 is 6.86. The quantitative estimate of drug-likeness (QED) is 0.351. The second-order valence-corrected chi connectivity index (χ2v) is 8.44. The van der Waals surface area contributed by atoms with Crippen molar-refractivity contribution >= 4 is 27.6 Å². The minimum Gasteiger partial charge on any atom is -0.497 e. The van der Waals surface area contributed by atoms with Gasteiger partial charge in [0.2, 0.25) is 0 Å². The largest absolute Gasteiger partial charge is 0.497 e. The van der Waals surface area contributed by atoms with Crippen molar-refractivity contribution in [2.45, 2.75) is 13.0 Å². The molecule has 0 fully saturated rings. The Bertz CT molecular complexity index is 1600. The summed E-state index contributed by atoms with van der Waals surface area (Å²) in [5.41, 5.74) is 1.67. The van der Waals surface area contributed by atoms with Gasteiger partial charge in [0.05, 0.1) is 29.7 Å². The van der Waals surface area contributed by atoms with Gasteiger partial charge >= 0.3 is 0 Å². The molecular formula is C29H25N3O3. The summed E-state index contributed by atoms with van der Waals surface area (Å²) in [6.45, 7) is 1.89. The second kappa shape index (κ2) is 9.06. The van der Waals surface area contributed by atoms with Gasteiger partial charge in [-0.15, -0.1) is 0 Å². The van der Waals surface area contributed by atoms with Crippen LogP contribution in [0.15, 0.2) is 95.8 Å². The summed E-state index contributed by atoms with van der Waals surface area (Å²) in [7, 11) is 3.34. The number of hydrogen-bond acceptors (Lipinski definition) is 4. The normalized spacial score (nSPS) is 12.0. The first kappa shape index (κ1) is 22.3. The lowest BCUT2D eigenvalue weighted by atomic mass is 10.0. The molecule has 35 heavy (non-hydrogen) atoms. The van der Waals surface area contributed by atoms with Crippen LogP contribution in [-0.2, 0) is 0 Å². The molecule has 174 valence electrons. The van der Waals surface area contributed by atoms with Gasteiger partial charge in [-0.05, 0) is 60.2 Å². The third-order valence-corrected chi connectivity index (χ3v) is 6.43. The SMILES string of the molecule is COc1ccc(-n2c(C(C)N(C)C(=O)c3cccc4ccccc34)nc3ccccc3c2=O)cc1. The van der Waals surface area contributed by atoms with Crippen molar-refractivity contribution in [2.75, 3.05) is 14.2 Å². The van der Waals surface area contributed by atoms with E-state index in [2.05, 4.69) is 0 Å². The molecule has 0 aliphatic carbocycles. The van der Waals surface area contributed by atoms with Crippen molar-refractivity contribution < 1.29 is 9.53 Å². The van der Waals surface area contributed by atoms with E-state index in [-0.39, 0.29) is 11.5 Å². The minimum absolute atomic E-state index is 0.141. The fraction of sp³-hybridized carbons (Fsp3) is 0.138. The summed E-state index contributed by atoms with van der Waals surface area (Å²) in [4.78, 5) is 33.8. The van der Waals surface area contributed by atoms with Crippen LogP contribution < -0.4 is 10.3 Å². The van der Waals surface area contributed by atoms with Crippen molar-refractivity contribution in [3.05, 3.63) is 113 Å². The summed E-state index contributed by atoms with van der Waals surface area (Å²) in [5.74, 6) is 1.03. The van der Waals surface area contributed by atoms with Gasteiger partial charge in [-0.1, -0.05) is 48.5 Å². The average molecular weight is 464 g/mol. The zero-order valence-corrected chi connectivity index (χ0v) is 19.8. The van der Waals surface area contributed by atoms with Crippen molar-refractivity contribution in [2.24, 2.45) is 0 Å². The Hall–Kier alpha value is -4.45. The van der Waals surface area contributed by atoms with E-state index in [1.807, 2.05) is 79.7 Å². The predicted octanol–water partition coefficient (Wildman–Crippen LogP) is 5.38. The van der Waals surface area contributed by atoms with Gasteiger partial charge < -0.3 is 9.64 Å². The molecule has 0 N–H and O–H groups in total. The molecule has 5 aromatic rings. The molecule has 1 heterocycles. The van der Waals surface area contributed by atoms with Crippen LogP contribution in [0, 0.1) is 0 Å². The lowest BCUT2D eigenvalue weighted by molar-refractivity contribution is 0.0737. The zero-order valence-electron chi connectivity index (χ0n) is 19.8. The van der Waals surface area contributed by atoms with Crippen LogP contribution in [0.2, 0.25) is 0 Å². The highest BCUT2D eigenvalue weighted by molar-refractivity contribution is 6.07. The van der Waals surface area contributed by atoms with Crippen LogP contribution >= 0.6 is 0 Å². The number of hydrogen-bond donors (Lipinski definition) is 0. The standard InChI is InChI=1S/C29H25N3O3/c1-19(31(2)28(33)24-13-8-10-20-9-4-5-11-23(20)24)27-30-26-14-7-6-12-25(26)29(34)32(27)21-15-17-22(35-3)18-16-21/h4-19H,1-3H3. The Morgan fingerprint density at radius 2 is 1.54 bits per heavy atom. The van der Waals surface area contributed by atoms with E-state index in [1.54, 1.807) is 41.8 Å². The Balaban J connectivity index is 1.64. The van der Waals surface area contributed by atoms with Crippen LogP contribution in [0.1, 0.15) is 29.1 Å². The average Bonchev–Trinajstić information content (AvgIpc) is 2.91. The molecule has 4 aromatic carbocycles. The fourth-order valence-corrected chi connectivity index (χ4v) is 4.36. The topological polar surface area (TPSA) is 64.4 Å². The lowest BCUT2D eigenvalue weighted by Gasteiger charge is -2.27. The van der Waals surface area contributed by atoms with Crippen molar-refractivity contribution in [1.82, 2.24) is 14.5 Å². The molecule has 6 heteroatoms. The third-order valence-electron chi connectivity index (χ3n) is 6.43. The molecule has 0 saturated heterocycles. The molecule has 0 aliphatic heterocycles. The first-order chi connectivity index (χ1) is 17.0. The van der Waals surface area contributed by atoms with Crippen LogP contribution in [0.25, 0.3) is 27.4 Å². The third kappa shape index (κ3) is 3.93. The maximum absolute atomic E-state index is 13.6. The predicted molar refractivity (Wildman–Crippen MR) is 138 cm³/mol. The number of rotatable bonds is 5. The lowest BCUT2D eigenvalue weighted by Crippen LogP contribution is -2.35. The van der Waals surface area contributed by atoms with E-state index in [0.717, 1.165) is 10.8 Å². The van der Waals surface area contributed by atoms with Gasteiger partial charge in [0.15, 0.2) is 0 Å². The van der Waals surface area contributed by atoms with E-state index >= 15 is 0 Å². The molecule has 0 radical (unpaired) electrons. The zero-order chi connectivity index (χ0) is 24.5. The monoisotopic (exact) mass is 463 g/mol. The Morgan fingerprint density at radius 1 is 0.886 bits per heavy atom. The molecule has 0 spiro atoms. The van der Waals surface area contributed by atoms with Gasteiger partial charge in [0.25, 0.3) is 11.5 Å². The second-order valence-electron chi connectivity index (χ2n) is 8.44. The Morgan fingerprint density at radius 3 is 2.29 bits per heavy atom. The first-order valence-corrected chi connectivity index (χ1v) is 11.4. The van der Waals surface area contributed by atoms with E-state index < -0.39 is 6.04 Å². The molecule has 0 saturated carbocycles. The summed E-state index contributed by atoms with van der Waals surface area (Å²) in [5, 5.41) is 2.40. The van der Waals surface area contributed by atoms with E-state index in [0.29, 0.717) is 33.7 Å². The molecule has 1 aromatic heterocycles. The number of aromatic nitrogens is 2. The van der Waals surface area contributed by atoms with Crippen molar-refractivity contribution in [1.29, 1.82) is 0 Å². The number of methoxy groups -OCH3 is 1. The number of carbonyl (C=O) groups excluding carboxylic acids is 1. The molecule has 1 atom stereocenters. The fourth-order valence-electron chi connectivity index (χ4n) is 4.36.